The van der Waals surface area contributed by atoms with Gasteiger partial charge in [0.05, 0.1) is 18.1 Å². The zero-order chi connectivity index (χ0) is 15.4. The third-order valence-electron chi connectivity index (χ3n) is 3.73. The van der Waals surface area contributed by atoms with Crippen LogP contribution in [-0.4, -0.2) is 32.0 Å². The number of amides is 1. The van der Waals surface area contributed by atoms with E-state index in [9.17, 15) is 4.79 Å². The van der Waals surface area contributed by atoms with Gasteiger partial charge in [-0.15, -0.1) is 5.10 Å². The van der Waals surface area contributed by atoms with Crippen molar-refractivity contribution in [2.45, 2.75) is 45.3 Å². The molecule has 0 unspecified atom stereocenters. The Labute approximate surface area is 128 Å². The van der Waals surface area contributed by atoms with Gasteiger partial charge in [-0.25, -0.2) is 9.67 Å². The van der Waals surface area contributed by atoms with Crippen LogP contribution < -0.4 is 10.1 Å². The first-order valence-corrected chi connectivity index (χ1v) is 7.59. The van der Waals surface area contributed by atoms with Crippen LogP contribution in [0.5, 0.6) is 5.88 Å². The van der Waals surface area contributed by atoms with Crippen LogP contribution in [0.3, 0.4) is 0 Å². The Bertz CT molecular complexity index is 632. The maximum atomic E-state index is 12.1. The molecule has 2 aromatic heterocycles. The molecule has 1 aliphatic rings. The molecule has 7 nitrogen and oxygen atoms in total. The fourth-order valence-corrected chi connectivity index (χ4v) is 2.56. The van der Waals surface area contributed by atoms with Crippen LogP contribution in [0, 0.1) is 0 Å². The first-order chi connectivity index (χ1) is 10.8. The molecule has 0 spiro atoms. The molecule has 0 aliphatic heterocycles. The van der Waals surface area contributed by atoms with E-state index in [4.69, 9.17) is 4.74 Å². The van der Waals surface area contributed by atoms with Gasteiger partial charge in [0.2, 0.25) is 5.88 Å². The molecule has 1 aliphatic carbocycles. The molecule has 22 heavy (non-hydrogen) atoms. The van der Waals surface area contributed by atoms with Crippen molar-refractivity contribution in [3.05, 3.63) is 30.2 Å². The summed E-state index contributed by atoms with van der Waals surface area (Å²) in [5.41, 5.74) is 1.04. The highest BCUT2D eigenvalue weighted by atomic mass is 16.5. The molecule has 0 bridgehead atoms. The Kier molecular flexibility index (Phi) is 4.32. The quantitative estimate of drug-likeness (QED) is 0.916. The number of nitrogens with one attached hydrogen (secondary N) is 1. The van der Waals surface area contributed by atoms with Gasteiger partial charge in [0.25, 0.3) is 5.91 Å². The van der Waals surface area contributed by atoms with E-state index in [1.807, 2.05) is 6.92 Å². The largest absolute Gasteiger partial charge is 0.474 e. The molecule has 2 aromatic rings. The Hall–Kier alpha value is -2.44. The summed E-state index contributed by atoms with van der Waals surface area (Å²) in [6.07, 6.45) is 7.95. The number of nitrogens with zero attached hydrogens (tertiary/aromatic N) is 4. The molecule has 0 aromatic carbocycles. The van der Waals surface area contributed by atoms with Crippen molar-refractivity contribution in [3.63, 3.8) is 0 Å². The minimum absolute atomic E-state index is 0.252. The van der Waals surface area contributed by atoms with Gasteiger partial charge in [-0.1, -0.05) is 5.21 Å². The van der Waals surface area contributed by atoms with Gasteiger partial charge in [0.1, 0.15) is 11.8 Å². The van der Waals surface area contributed by atoms with E-state index >= 15 is 0 Å². The van der Waals surface area contributed by atoms with E-state index in [1.165, 1.54) is 19.0 Å². The predicted octanol–water partition coefficient (Wildman–Crippen LogP) is 2.27. The van der Waals surface area contributed by atoms with Crippen molar-refractivity contribution in [1.82, 2.24) is 20.0 Å². The number of aryl methyl sites for hydroxylation is 1. The van der Waals surface area contributed by atoms with Crippen molar-refractivity contribution in [2.24, 2.45) is 0 Å². The van der Waals surface area contributed by atoms with E-state index in [0.29, 0.717) is 23.8 Å². The minimum Gasteiger partial charge on any atom is -0.474 e. The third-order valence-corrected chi connectivity index (χ3v) is 3.73. The van der Waals surface area contributed by atoms with Gasteiger partial charge >= 0.3 is 0 Å². The lowest BCUT2D eigenvalue weighted by Crippen LogP contribution is -2.17. The van der Waals surface area contributed by atoms with Crippen molar-refractivity contribution >= 4 is 11.6 Å². The van der Waals surface area contributed by atoms with Gasteiger partial charge in [0.15, 0.2) is 0 Å². The smallest absolute Gasteiger partial charge is 0.275 e. The van der Waals surface area contributed by atoms with Crippen molar-refractivity contribution in [1.29, 1.82) is 0 Å². The summed E-state index contributed by atoms with van der Waals surface area (Å²) in [6.45, 7) is 2.50. The second kappa shape index (κ2) is 6.55. The number of rotatable bonds is 5. The highest BCUT2D eigenvalue weighted by molar-refractivity contribution is 6.02. The summed E-state index contributed by atoms with van der Waals surface area (Å²) in [4.78, 5) is 16.4. The van der Waals surface area contributed by atoms with Crippen LogP contribution in [0.25, 0.3) is 0 Å². The number of anilines is 1. The molecule has 0 radical (unpaired) electrons. The molecule has 1 fully saturated rings. The molecule has 3 rings (SSSR count). The van der Waals surface area contributed by atoms with E-state index in [0.717, 1.165) is 12.8 Å². The summed E-state index contributed by atoms with van der Waals surface area (Å²) in [5.74, 6) is 0.350. The zero-order valence-corrected chi connectivity index (χ0v) is 12.5. The van der Waals surface area contributed by atoms with Gasteiger partial charge in [-0.05, 0) is 38.7 Å². The van der Waals surface area contributed by atoms with Crippen LogP contribution in [-0.2, 0) is 6.54 Å². The van der Waals surface area contributed by atoms with Gasteiger partial charge in [-0.2, -0.15) is 0 Å². The van der Waals surface area contributed by atoms with Gasteiger partial charge in [0, 0.05) is 12.6 Å². The summed E-state index contributed by atoms with van der Waals surface area (Å²) in [6, 6.07) is 3.57. The molecule has 116 valence electrons. The Morgan fingerprint density at radius 3 is 2.86 bits per heavy atom. The highest BCUT2D eigenvalue weighted by Crippen LogP contribution is 2.23. The maximum absolute atomic E-state index is 12.1. The third kappa shape index (κ3) is 3.24. The zero-order valence-electron chi connectivity index (χ0n) is 12.5. The fourth-order valence-electron chi connectivity index (χ4n) is 2.56. The minimum atomic E-state index is -0.252. The average molecular weight is 301 g/mol. The molecule has 1 amide bonds. The molecular weight excluding hydrogens is 282 g/mol. The monoisotopic (exact) mass is 301 g/mol. The molecular formula is C15H19N5O2. The topological polar surface area (TPSA) is 81.9 Å². The van der Waals surface area contributed by atoms with Crippen LogP contribution >= 0.6 is 0 Å². The lowest BCUT2D eigenvalue weighted by molar-refractivity contribution is 0.101. The van der Waals surface area contributed by atoms with Crippen molar-refractivity contribution < 1.29 is 9.53 Å². The van der Waals surface area contributed by atoms with Gasteiger partial charge in [-0.3, -0.25) is 4.79 Å². The lowest BCUT2D eigenvalue weighted by atomic mass is 10.3. The number of pyridine rings is 1. The number of hydrogen-bond donors (Lipinski definition) is 1. The lowest BCUT2D eigenvalue weighted by Gasteiger charge is -2.12. The van der Waals surface area contributed by atoms with Crippen molar-refractivity contribution in [3.8, 4) is 5.88 Å². The summed E-state index contributed by atoms with van der Waals surface area (Å²) < 4.78 is 7.34. The Balaban J connectivity index is 1.62. The molecule has 1 saturated carbocycles. The Morgan fingerprint density at radius 1 is 1.36 bits per heavy atom. The number of hydrogen-bond acceptors (Lipinski definition) is 5. The van der Waals surface area contributed by atoms with Crippen LogP contribution in [0.4, 0.5) is 5.69 Å². The first kappa shape index (κ1) is 14.5. The molecule has 0 atom stereocenters. The second-order valence-electron chi connectivity index (χ2n) is 5.30. The maximum Gasteiger partial charge on any atom is 0.275 e. The molecule has 0 saturated heterocycles. The average Bonchev–Trinajstić information content (AvgIpc) is 3.20. The second-order valence-corrected chi connectivity index (χ2v) is 5.30. The van der Waals surface area contributed by atoms with E-state index in [2.05, 4.69) is 20.6 Å². The van der Waals surface area contributed by atoms with Crippen LogP contribution in [0.1, 0.15) is 43.1 Å². The first-order valence-electron chi connectivity index (χ1n) is 7.59. The summed E-state index contributed by atoms with van der Waals surface area (Å²) in [5, 5.41) is 10.4. The summed E-state index contributed by atoms with van der Waals surface area (Å²) >= 11 is 0. The van der Waals surface area contributed by atoms with Crippen LogP contribution in [0.2, 0.25) is 0 Å². The number of carbonyl (C=O) groups is 1. The van der Waals surface area contributed by atoms with Gasteiger partial charge < -0.3 is 10.1 Å². The number of aromatic nitrogens is 4. The SMILES string of the molecule is CCn1nncc1C(=O)Nc1ccc(OC2CCCC2)nc1. The molecule has 1 N–H and O–H groups in total. The highest BCUT2D eigenvalue weighted by Gasteiger charge is 2.17. The number of ether oxygens (including phenoxy) is 1. The summed E-state index contributed by atoms with van der Waals surface area (Å²) in [7, 11) is 0. The fraction of sp³-hybridized carbons (Fsp3) is 0.467. The van der Waals surface area contributed by atoms with Crippen LogP contribution in [0.15, 0.2) is 24.5 Å². The Morgan fingerprint density at radius 2 is 2.18 bits per heavy atom. The number of carbonyl (C=O) groups excluding carboxylic acids is 1. The normalized spacial score (nSPS) is 15.0. The van der Waals surface area contributed by atoms with Crippen molar-refractivity contribution in [2.75, 3.05) is 5.32 Å². The predicted molar refractivity (Wildman–Crippen MR) is 80.8 cm³/mol. The standard InChI is InChI=1S/C15H19N5O2/c1-2-20-13(10-17-19-20)15(21)18-11-7-8-14(16-9-11)22-12-5-3-4-6-12/h7-10,12H,2-6H2,1H3,(H,18,21). The van der Waals surface area contributed by atoms with E-state index in [1.54, 1.807) is 23.0 Å². The molecule has 7 heteroatoms. The molecule has 2 heterocycles. The van der Waals surface area contributed by atoms with E-state index in [-0.39, 0.29) is 12.0 Å². The van der Waals surface area contributed by atoms with E-state index < -0.39 is 0 Å².